The second kappa shape index (κ2) is 7.42. The minimum atomic E-state index is -0.461. The Bertz CT molecular complexity index is 1080. The van der Waals surface area contributed by atoms with E-state index in [0.29, 0.717) is 10.8 Å². The number of hydrogen-bond acceptors (Lipinski definition) is 7. The topological polar surface area (TPSA) is 79.3 Å². The van der Waals surface area contributed by atoms with E-state index in [1.54, 1.807) is 18.3 Å². The zero-order chi connectivity index (χ0) is 18.8. The molecule has 0 aliphatic rings. The minimum Gasteiger partial charge on any atom is -0.350 e. The molecule has 0 fully saturated rings. The molecule has 136 valence electrons. The van der Waals surface area contributed by atoms with E-state index in [-0.39, 0.29) is 5.91 Å². The van der Waals surface area contributed by atoms with Crippen LogP contribution < -0.4 is 10.7 Å². The lowest BCUT2D eigenvalue weighted by Gasteiger charge is -2.10. The number of anilines is 1. The third-order valence-corrected chi connectivity index (χ3v) is 6.08. The predicted molar refractivity (Wildman–Crippen MR) is 113 cm³/mol. The van der Waals surface area contributed by atoms with Gasteiger partial charge >= 0.3 is 0 Å². The van der Waals surface area contributed by atoms with Gasteiger partial charge in [0.15, 0.2) is 5.13 Å². The van der Waals surface area contributed by atoms with Crippen LogP contribution in [0.4, 0.5) is 5.13 Å². The summed E-state index contributed by atoms with van der Waals surface area (Å²) in [5, 5.41) is 8.84. The molecule has 0 saturated carbocycles. The van der Waals surface area contributed by atoms with Crippen molar-refractivity contribution in [3.05, 3.63) is 53.5 Å². The molecular formula is C19H17N5OS2. The summed E-state index contributed by atoms with van der Waals surface area (Å²) in [7, 11) is 0. The molecule has 0 bridgehead atoms. The average Bonchev–Trinajstić information content (AvgIpc) is 3.28. The van der Waals surface area contributed by atoms with Crippen LogP contribution in [-0.4, -0.2) is 27.6 Å². The number of nitrogens with one attached hydrogen (secondary N) is 2. The molecule has 1 amide bonds. The summed E-state index contributed by atoms with van der Waals surface area (Å²) < 4.78 is 2.18. The molecule has 1 atom stereocenters. The van der Waals surface area contributed by atoms with Gasteiger partial charge in [0, 0.05) is 0 Å². The maximum atomic E-state index is 12.3. The number of nitrogens with zero attached hydrogens (tertiary/aromatic N) is 3. The molecule has 0 spiro atoms. The van der Waals surface area contributed by atoms with Crippen LogP contribution in [0.3, 0.4) is 0 Å². The van der Waals surface area contributed by atoms with Crippen molar-refractivity contribution in [3.8, 4) is 0 Å². The first-order valence-electron chi connectivity index (χ1n) is 8.42. The van der Waals surface area contributed by atoms with Crippen LogP contribution in [-0.2, 0) is 4.79 Å². The predicted octanol–water partition coefficient (Wildman–Crippen LogP) is 4.25. The number of carbonyl (C=O) groups is 1. The van der Waals surface area contributed by atoms with Gasteiger partial charge < -0.3 is 5.32 Å². The van der Waals surface area contributed by atoms with Gasteiger partial charge in [-0.05, 0) is 38.1 Å². The summed E-state index contributed by atoms with van der Waals surface area (Å²) in [6.45, 7) is 3.62. The Morgan fingerprint density at radius 3 is 2.30 bits per heavy atom. The third-order valence-electron chi connectivity index (χ3n) is 3.96. The molecule has 6 nitrogen and oxygen atoms in total. The number of rotatable bonds is 5. The average molecular weight is 396 g/mol. The Balaban J connectivity index is 1.42. The summed E-state index contributed by atoms with van der Waals surface area (Å²) >= 11 is 3.07. The highest BCUT2D eigenvalue weighted by Gasteiger charge is 2.15. The van der Waals surface area contributed by atoms with Gasteiger partial charge in [-0.2, -0.15) is 5.10 Å². The maximum Gasteiger partial charge on any atom is 0.262 e. The number of para-hydroxylation sites is 2. The molecule has 2 heterocycles. The highest BCUT2D eigenvalue weighted by Crippen LogP contribution is 2.26. The molecule has 2 aromatic carbocycles. The molecule has 0 saturated heterocycles. The number of benzene rings is 2. The van der Waals surface area contributed by atoms with Crippen molar-refractivity contribution in [2.45, 2.75) is 19.9 Å². The van der Waals surface area contributed by atoms with Crippen LogP contribution in [0.5, 0.6) is 0 Å². The number of hydrogen-bond donors (Lipinski definition) is 2. The summed E-state index contributed by atoms with van der Waals surface area (Å²) in [6, 6.07) is 15.3. The van der Waals surface area contributed by atoms with E-state index >= 15 is 0 Å². The van der Waals surface area contributed by atoms with Crippen molar-refractivity contribution >= 4 is 59.9 Å². The lowest BCUT2D eigenvalue weighted by Crippen LogP contribution is -2.35. The van der Waals surface area contributed by atoms with Gasteiger partial charge in [0.2, 0.25) is 0 Å². The standard InChI is InChI=1S/C19H17N5OS2/c1-11(20-19-22-14-8-4-6-10-16(14)27-19)17(25)24-23-12(2)18-21-13-7-3-5-9-15(13)26-18/h3-11H,1-2H3,(H,20,22)(H,24,25)/b23-12-/t11-/m1/s1. The third kappa shape index (κ3) is 3.81. The van der Waals surface area contributed by atoms with Gasteiger partial charge in [-0.1, -0.05) is 35.6 Å². The summed E-state index contributed by atoms with van der Waals surface area (Å²) in [6.07, 6.45) is 0. The quantitative estimate of drug-likeness (QED) is 0.391. The van der Waals surface area contributed by atoms with Crippen molar-refractivity contribution in [1.82, 2.24) is 15.4 Å². The fourth-order valence-corrected chi connectivity index (χ4v) is 4.36. The van der Waals surface area contributed by atoms with Crippen molar-refractivity contribution in [3.63, 3.8) is 0 Å². The van der Waals surface area contributed by atoms with Gasteiger partial charge in [-0.3, -0.25) is 4.79 Å². The van der Waals surface area contributed by atoms with Crippen LogP contribution >= 0.6 is 22.7 Å². The van der Waals surface area contributed by atoms with E-state index in [9.17, 15) is 4.79 Å². The van der Waals surface area contributed by atoms with E-state index < -0.39 is 6.04 Å². The molecule has 0 radical (unpaired) electrons. The molecule has 2 aromatic heterocycles. The Kier molecular flexibility index (Phi) is 4.83. The molecule has 4 aromatic rings. The van der Waals surface area contributed by atoms with Crippen molar-refractivity contribution < 1.29 is 4.79 Å². The van der Waals surface area contributed by atoms with Gasteiger partial charge in [-0.15, -0.1) is 11.3 Å². The van der Waals surface area contributed by atoms with Gasteiger partial charge in [0.05, 0.1) is 26.1 Å². The molecular weight excluding hydrogens is 378 g/mol. The molecule has 27 heavy (non-hydrogen) atoms. The Hall–Kier alpha value is -2.84. The van der Waals surface area contributed by atoms with Crippen LogP contribution in [0, 0.1) is 0 Å². The normalized spacial score (nSPS) is 13.0. The molecule has 4 rings (SSSR count). The van der Waals surface area contributed by atoms with E-state index in [0.717, 1.165) is 25.4 Å². The fourth-order valence-electron chi connectivity index (χ4n) is 2.50. The zero-order valence-corrected chi connectivity index (χ0v) is 16.4. The van der Waals surface area contributed by atoms with Crippen LogP contribution in [0.2, 0.25) is 0 Å². The van der Waals surface area contributed by atoms with Gasteiger partial charge in [-0.25, -0.2) is 15.4 Å². The van der Waals surface area contributed by atoms with Crippen molar-refractivity contribution in [2.24, 2.45) is 5.10 Å². The number of carbonyl (C=O) groups excluding carboxylic acids is 1. The number of hydrazone groups is 1. The largest absolute Gasteiger partial charge is 0.350 e. The maximum absolute atomic E-state index is 12.3. The van der Waals surface area contributed by atoms with Crippen LogP contribution in [0.1, 0.15) is 18.9 Å². The summed E-state index contributed by atoms with van der Waals surface area (Å²) in [4.78, 5) is 21.4. The fraction of sp³-hybridized carbons (Fsp3) is 0.158. The molecule has 8 heteroatoms. The second-order valence-electron chi connectivity index (χ2n) is 6.01. The van der Waals surface area contributed by atoms with E-state index in [1.807, 2.05) is 55.5 Å². The number of fused-ring (bicyclic) bond motifs is 2. The molecule has 0 unspecified atom stereocenters. The lowest BCUT2D eigenvalue weighted by molar-refractivity contribution is -0.121. The number of amides is 1. The van der Waals surface area contributed by atoms with Gasteiger partial charge in [0.1, 0.15) is 11.0 Å². The van der Waals surface area contributed by atoms with Gasteiger partial charge in [0.25, 0.3) is 5.91 Å². The molecule has 2 N–H and O–H groups in total. The second-order valence-corrected chi connectivity index (χ2v) is 8.07. The first-order chi connectivity index (χ1) is 13.1. The Labute approximate surface area is 164 Å². The summed E-state index contributed by atoms with van der Waals surface area (Å²) in [5.74, 6) is -0.227. The highest BCUT2D eigenvalue weighted by atomic mass is 32.1. The zero-order valence-electron chi connectivity index (χ0n) is 14.8. The van der Waals surface area contributed by atoms with Crippen molar-refractivity contribution in [2.75, 3.05) is 5.32 Å². The lowest BCUT2D eigenvalue weighted by atomic mass is 10.3. The van der Waals surface area contributed by atoms with Crippen LogP contribution in [0.15, 0.2) is 53.6 Å². The van der Waals surface area contributed by atoms with E-state index in [2.05, 4.69) is 25.8 Å². The minimum absolute atomic E-state index is 0.227. The summed E-state index contributed by atoms with van der Waals surface area (Å²) in [5.41, 5.74) is 5.14. The first-order valence-corrected chi connectivity index (χ1v) is 10.1. The van der Waals surface area contributed by atoms with E-state index in [4.69, 9.17) is 0 Å². The monoisotopic (exact) mass is 395 g/mol. The molecule has 0 aliphatic carbocycles. The SMILES string of the molecule is C/C(=N/NC(=O)[C@@H](C)Nc1nc2ccccc2s1)c1nc2ccccc2s1. The number of aromatic nitrogens is 2. The van der Waals surface area contributed by atoms with Crippen molar-refractivity contribution in [1.29, 1.82) is 0 Å². The number of thiazole rings is 2. The Morgan fingerprint density at radius 2 is 1.63 bits per heavy atom. The van der Waals surface area contributed by atoms with E-state index in [1.165, 1.54) is 11.3 Å². The first kappa shape index (κ1) is 17.6. The molecule has 0 aliphatic heterocycles. The Morgan fingerprint density at radius 1 is 1.00 bits per heavy atom. The smallest absolute Gasteiger partial charge is 0.262 e. The highest BCUT2D eigenvalue weighted by molar-refractivity contribution is 7.22. The van der Waals surface area contributed by atoms with Crippen LogP contribution in [0.25, 0.3) is 20.4 Å².